The summed E-state index contributed by atoms with van der Waals surface area (Å²) in [7, 11) is 0. The Labute approximate surface area is 126 Å². The highest BCUT2D eigenvalue weighted by molar-refractivity contribution is 9.49. The maximum atomic E-state index is 3.82. The monoisotopic (exact) mass is 366 g/mol. The first kappa shape index (κ1) is 13.0. The fourth-order valence-corrected chi connectivity index (χ4v) is 5.23. The van der Waals surface area contributed by atoms with E-state index in [2.05, 4.69) is 67.9 Å². The zero-order valence-electron chi connectivity index (χ0n) is 10.4. The average molecular weight is 368 g/mol. The van der Waals surface area contributed by atoms with Crippen LogP contribution in [-0.4, -0.2) is 4.36 Å². The first-order chi connectivity index (χ1) is 8.72. The molecule has 3 rings (SSSR count). The van der Waals surface area contributed by atoms with E-state index in [1.54, 1.807) is 0 Å². The Morgan fingerprint density at radius 1 is 1.17 bits per heavy atom. The van der Waals surface area contributed by atoms with Gasteiger partial charge in [0.05, 0.1) is 0 Å². The average Bonchev–Trinajstić information content (AvgIpc) is 2.84. The zero-order chi connectivity index (χ0) is 12.6. The third kappa shape index (κ3) is 2.14. The summed E-state index contributed by atoms with van der Waals surface area (Å²) in [5, 5.41) is 0.430. The standard InChI is InChI=1S/C15H17BBr2/c17-16(18)15-10-4-7-14(15)9-8-13(11-15)12-5-2-1-3-6-12/h1-3,5-6,8,14H,4,7,9-11H2/t14-,15-/m0/s1. The van der Waals surface area contributed by atoms with Gasteiger partial charge in [0.25, 0.3) is 0 Å². The van der Waals surface area contributed by atoms with E-state index in [0.717, 1.165) is 5.92 Å². The Morgan fingerprint density at radius 2 is 1.94 bits per heavy atom. The van der Waals surface area contributed by atoms with Crippen molar-refractivity contribution in [1.82, 2.24) is 0 Å². The van der Waals surface area contributed by atoms with Crippen LogP contribution in [0.5, 0.6) is 0 Å². The highest BCUT2D eigenvalue weighted by Crippen LogP contribution is 2.62. The third-order valence-corrected chi connectivity index (χ3v) is 6.58. The Kier molecular flexibility index (Phi) is 3.73. The van der Waals surface area contributed by atoms with Crippen LogP contribution in [0.1, 0.15) is 37.7 Å². The van der Waals surface area contributed by atoms with Crippen molar-refractivity contribution >= 4 is 41.4 Å². The normalized spacial score (nSPS) is 30.8. The van der Waals surface area contributed by atoms with Crippen molar-refractivity contribution < 1.29 is 0 Å². The lowest BCUT2D eigenvalue weighted by atomic mass is 9.55. The van der Waals surface area contributed by atoms with Crippen LogP contribution in [0.15, 0.2) is 36.4 Å². The Bertz CT molecular complexity index is 455. The zero-order valence-corrected chi connectivity index (χ0v) is 13.6. The molecule has 0 radical (unpaired) electrons. The van der Waals surface area contributed by atoms with Gasteiger partial charge in [0.15, 0.2) is 0 Å². The summed E-state index contributed by atoms with van der Waals surface area (Å²) in [6, 6.07) is 10.9. The molecule has 1 saturated carbocycles. The molecule has 0 amide bonds. The largest absolute Gasteiger partial charge is 0.305 e. The molecule has 2 aliphatic carbocycles. The molecule has 1 aromatic carbocycles. The van der Waals surface area contributed by atoms with Crippen LogP contribution in [0.3, 0.4) is 0 Å². The number of halogens is 2. The SMILES string of the molecule is BrB(Br)[C@]12CCC[C@H]1CC=C(c1ccccc1)C2. The molecular weight excluding hydrogens is 351 g/mol. The van der Waals surface area contributed by atoms with Crippen molar-refractivity contribution in [3.63, 3.8) is 0 Å². The van der Waals surface area contributed by atoms with Crippen LogP contribution in [-0.2, 0) is 0 Å². The molecule has 0 saturated heterocycles. The fourth-order valence-electron chi connectivity index (χ4n) is 3.70. The lowest BCUT2D eigenvalue weighted by molar-refractivity contribution is 0.405. The van der Waals surface area contributed by atoms with E-state index in [-0.39, 0.29) is 0 Å². The van der Waals surface area contributed by atoms with Gasteiger partial charge in [-0.2, -0.15) is 0 Å². The van der Waals surface area contributed by atoms with Crippen LogP contribution in [0.25, 0.3) is 5.57 Å². The fraction of sp³-hybridized carbons (Fsp3) is 0.467. The molecule has 0 unspecified atom stereocenters. The minimum atomic E-state index is 0.430. The van der Waals surface area contributed by atoms with Gasteiger partial charge in [0, 0.05) is 0 Å². The molecule has 3 heteroatoms. The molecule has 2 aliphatic rings. The van der Waals surface area contributed by atoms with E-state index in [9.17, 15) is 0 Å². The number of hydrogen-bond donors (Lipinski definition) is 0. The van der Waals surface area contributed by atoms with Crippen molar-refractivity contribution in [3.05, 3.63) is 42.0 Å². The summed E-state index contributed by atoms with van der Waals surface area (Å²) in [6.07, 6.45) is 9.07. The first-order valence-corrected chi connectivity index (χ1v) is 8.58. The van der Waals surface area contributed by atoms with E-state index in [1.807, 2.05) is 0 Å². The molecule has 1 aromatic rings. The van der Waals surface area contributed by atoms with Gasteiger partial charge in [0.2, 0.25) is 0 Å². The summed E-state index contributed by atoms with van der Waals surface area (Å²) in [5.74, 6) is 0.855. The topological polar surface area (TPSA) is 0 Å². The van der Waals surface area contributed by atoms with Gasteiger partial charge in [-0.05, 0) is 35.2 Å². The number of rotatable bonds is 2. The van der Waals surface area contributed by atoms with Gasteiger partial charge >= 0.3 is 4.36 Å². The van der Waals surface area contributed by atoms with E-state index >= 15 is 0 Å². The predicted molar refractivity (Wildman–Crippen MR) is 87.3 cm³/mol. The van der Waals surface area contributed by atoms with Crippen molar-refractivity contribution in [3.8, 4) is 0 Å². The smallest absolute Gasteiger partial charge is 0.139 e. The molecule has 0 N–H and O–H groups in total. The Balaban J connectivity index is 1.92. The van der Waals surface area contributed by atoms with Crippen molar-refractivity contribution in [1.29, 1.82) is 0 Å². The second kappa shape index (κ2) is 5.17. The molecule has 18 heavy (non-hydrogen) atoms. The van der Waals surface area contributed by atoms with Gasteiger partial charge < -0.3 is 0 Å². The molecule has 1 fully saturated rings. The molecule has 0 heterocycles. The van der Waals surface area contributed by atoms with Crippen LogP contribution in [0.4, 0.5) is 0 Å². The second-order valence-electron chi connectivity index (χ2n) is 5.63. The molecular formula is C15H17BBr2. The van der Waals surface area contributed by atoms with Crippen LogP contribution in [0.2, 0.25) is 5.31 Å². The van der Waals surface area contributed by atoms with Crippen molar-refractivity contribution in [2.24, 2.45) is 5.92 Å². The Morgan fingerprint density at radius 3 is 2.67 bits per heavy atom. The van der Waals surface area contributed by atoms with Crippen LogP contribution >= 0.6 is 31.5 Å². The summed E-state index contributed by atoms with van der Waals surface area (Å²) in [6.45, 7) is 0. The summed E-state index contributed by atoms with van der Waals surface area (Å²) < 4.78 is 0.442. The van der Waals surface area contributed by atoms with E-state index < -0.39 is 0 Å². The number of hydrogen-bond acceptors (Lipinski definition) is 0. The van der Waals surface area contributed by atoms with Gasteiger partial charge in [-0.25, -0.2) is 0 Å². The number of fused-ring (bicyclic) bond motifs is 1. The minimum Gasteiger partial charge on any atom is -0.139 e. The molecule has 2 atom stereocenters. The van der Waals surface area contributed by atoms with Crippen LogP contribution in [0, 0.1) is 5.92 Å². The predicted octanol–water partition coefficient (Wildman–Crippen LogP) is 5.68. The molecule has 0 aromatic heterocycles. The lowest BCUT2D eigenvalue weighted by Gasteiger charge is -2.40. The maximum Gasteiger partial charge on any atom is 0.305 e. The summed E-state index contributed by atoms with van der Waals surface area (Å²) in [4.78, 5) is 0. The highest BCUT2D eigenvalue weighted by atomic mass is 79.9. The van der Waals surface area contributed by atoms with E-state index in [4.69, 9.17) is 0 Å². The van der Waals surface area contributed by atoms with Crippen LogP contribution < -0.4 is 0 Å². The van der Waals surface area contributed by atoms with Gasteiger partial charge in [0.1, 0.15) is 0 Å². The molecule has 0 nitrogen and oxygen atoms in total. The molecule has 0 bridgehead atoms. The lowest BCUT2D eigenvalue weighted by Crippen LogP contribution is -2.30. The third-order valence-electron chi connectivity index (χ3n) is 4.76. The quantitative estimate of drug-likeness (QED) is 0.590. The number of allylic oxidation sites excluding steroid dienone is 2. The maximum absolute atomic E-state index is 3.82. The summed E-state index contributed by atoms with van der Waals surface area (Å²) >= 11 is 7.65. The molecule has 0 spiro atoms. The molecule has 94 valence electrons. The number of benzene rings is 1. The summed E-state index contributed by atoms with van der Waals surface area (Å²) in [5.41, 5.74) is 2.94. The van der Waals surface area contributed by atoms with Crippen molar-refractivity contribution in [2.75, 3.05) is 0 Å². The van der Waals surface area contributed by atoms with Gasteiger partial charge in [-0.3, -0.25) is 0 Å². The second-order valence-corrected chi connectivity index (χ2v) is 8.69. The van der Waals surface area contributed by atoms with Gasteiger partial charge in [-0.1, -0.05) is 55.7 Å². The van der Waals surface area contributed by atoms with Gasteiger partial charge in [-0.15, -0.1) is 31.5 Å². The minimum absolute atomic E-state index is 0.430. The highest BCUT2D eigenvalue weighted by Gasteiger charge is 2.50. The molecule has 0 aliphatic heterocycles. The van der Waals surface area contributed by atoms with E-state index in [0.29, 0.717) is 9.68 Å². The Hall–Kier alpha value is -0.0151. The van der Waals surface area contributed by atoms with Crippen molar-refractivity contribution in [2.45, 2.75) is 37.4 Å². The first-order valence-electron chi connectivity index (χ1n) is 6.75. The van der Waals surface area contributed by atoms with E-state index in [1.165, 1.54) is 43.2 Å².